The molecular weight excluding hydrogens is 332 g/mol. The highest BCUT2D eigenvalue weighted by molar-refractivity contribution is 7.26. The normalized spacial score (nSPS) is 11.5. The Balaban J connectivity index is 1.96. The first-order valence-corrected chi connectivity index (χ1v) is 9.10. The second-order valence-electron chi connectivity index (χ2n) is 5.95. The van der Waals surface area contributed by atoms with Gasteiger partial charge in [-0.1, -0.05) is 66.2 Å². The van der Waals surface area contributed by atoms with Gasteiger partial charge < -0.3 is 0 Å². The van der Waals surface area contributed by atoms with Gasteiger partial charge in [0.1, 0.15) is 0 Å². The van der Waals surface area contributed by atoms with Gasteiger partial charge in [-0.15, -0.1) is 11.3 Å². The Labute approximate surface area is 148 Å². The molecule has 0 saturated heterocycles. The number of benzene rings is 4. The number of fused-ring (bicyclic) bond motifs is 4. The molecule has 0 spiro atoms. The largest absolute Gasteiger partial charge is 0.135 e. The molecule has 0 aliphatic rings. The maximum Gasteiger partial charge on any atom is 0.0413 e. The van der Waals surface area contributed by atoms with Crippen LogP contribution in [0.2, 0.25) is 5.02 Å². The second-order valence-corrected chi connectivity index (χ2v) is 7.47. The molecule has 0 unspecified atom stereocenters. The highest BCUT2D eigenvalue weighted by Crippen LogP contribution is 2.42. The minimum Gasteiger partial charge on any atom is -0.135 e. The molecule has 0 N–H and O–H groups in total. The van der Waals surface area contributed by atoms with Crippen LogP contribution in [0.1, 0.15) is 0 Å². The van der Waals surface area contributed by atoms with E-state index >= 15 is 0 Å². The lowest BCUT2D eigenvalue weighted by molar-refractivity contribution is 1.71. The summed E-state index contributed by atoms with van der Waals surface area (Å²) in [7, 11) is 0. The van der Waals surface area contributed by atoms with E-state index in [2.05, 4.69) is 72.8 Å². The van der Waals surface area contributed by atoms with Crippen LogP contribution in [0.25, 0.3) is 42.1 Å². The SMILES string of the molecule is Clc1ccc2sc3cccc(-c4cccc5ccccc45)c3c2c1. The summed E-state index contributed by atoms with van der Waals surface area (Å²) in [5.74, 6) is 0. The quantitative estimate of drug-likeness (QED) is 0.295. The molecule has 2 heteroatoms. The minimum atomic E-state index is 0.787. The molecule has 1 heterocycles. The Kier molecular flexibility index (Phi) is 3.12. The van der Waals surface area contributed by atoms with Gasteiger partial charge in [0.15, 0.2) is 0 Å². The van der Waals surface area contributed by atoms with Crippen LogP contribution in [-0.2, 0) is 0 Å². The van der Waals surface area contributed by atoms with Gasteiger partial charge in [0.05, 0.1) is 0 Å². The third kappa shape index (κ3) is 2.06. The number of rotatable bonds is 1. The zero-order chi connectivity index (χ0) is 16.1. The van der Waals surface area contributed by atoms with Crippen LogP contribution >= 0.6 is 22.9 Å². The lowest BCUT2D eigenvalue weighted by Gasteiger charge is -2.09. The van der Waals surface area contributed by atoms with Crippen LogP contribution in [0.4, 0.5) is 0 Å². The Hall–Kier alpha value is -2.35. The summed E-state index contributed by atoms with van der Waals surface area (Å²) in [5, 5.41) is 5.88. The monoisotopic (exact) mass is 344 g/mol. The molecule has 0 radical (unpaired) electrons. The number of halogens is 1. The van der Waals surface area contributed by atoms with Crippen molar-refractivity contribution in [3.8, 4) is 11.1 Å². The average molecular weight is 345 g/mol. The van der Waals surface area contributed by atoms with E-state index in [9.17, 15) is 0 Å². The average Bonchev–Trinajstić information content (AvgIpc) is 2.99. The molecule has 0 aliphatic carbocycles. The van der Waals surface area contributed by atoms with Gasteiger partial charge in [-0.25, -0.2) is 0 Å². The molecule has 24 heavy (non-hydrogen) atoms. The lowest BCUT2D eigenvalue weighted by Crippen LogP contribution is -1.82. The zero-order valence-corrected chi connectivity index (χ0v) is 14.4. The van der Waals surface area contributed by atoms with E-state index in [1.807, 2.05) is 17.4 Å². The first-order chi connectivity index (χ1) is 11.8. The second kappa shape index (κ2) is 5.34. The third-order valence-corrected chi connectivity index (χ3v) is 5.91. The van der Waals surface area contributed by atoms with Crippen molar-refractivity contribution in [2.75, 3.05) is 0 Å². The molecule has 0 fully saturated rings. The highest BCUT2D eigenvalue weighted by Gasteiger charge is 2.12. The number of hydrogen-bond acceptors (Lipinski definition) is 1. The van der Waals surface area contributed by atoms with Gasteiger partial charge in [-0.3, -0.25) is 0 Å². The van der Waals surface area contributed by atoms with Crippen LogP contribution in [0.3, 0.4) is 0 Å². The van der Waals surface area contributed by atoms with Crippen molar-refractivity contribution >= 4 is 53.9 Å². The topological polar surface area (TPSA) is 0 Å². The van der Waals surface area contributed by atoms with E-state index in [1.54, 1.807) is 0 Å². The van der Waals surface area contributed by atoms with Crippen molar-refractivity contribution in [3.63, 3.8) is 0 Å². The molecule has 0 bridgehead atoms. The molecule has 1 aromatic heterocycles. The fourth-order valence-electron chi connectivity index (χ4n) is 3.48. The van der Waals surface area contributed by atoms with Crippen molar-refractivity contribution in [2.24, 2.45) is 0 Å². The summed E-state index contributed by atoms with van der Waals surface area (Å²) in [6.07, 6.45) is 0. The summed E-state index contributed by atoms with van der Waals surface area (Å²) >= 11 is 8.10. The Morgan fingerprint density at radius 1 is 0.625 bits per heavy atom. The van der Waals surface area contributed by atoms with Crippen molar-refractivity contribution in [2.45, 2.75) is 0 Å². The summed E-state index contributed by atoms with van der Waals surface area (Å²) in [5.41, 5.74) is 2.55. The molecular formula is C22H13ClS. The van der Waals surface area contributed by atoms with Crippen molar-refractivity contribution in [3.05, 3.63) is 83.9 Å². The maximum absolute atomic E-state index is 6.27. The van der Waals surface area contributed by atoms with E-state index in [0.717, 1.165) is 5.02 Å². The van der Waals surface area contributed by atoms with Crippen LogP contribution in [0, 0.1) is 0 Å². The van der Waals surface area contributed by atoms with Crippen LogP contribution in [0.5, 0.6) is 0 Å². The van der Waals surface area contributed by atoms with Gasteiger partial charge in [-0.05, 0) is 46.2 Å². The van der Waals surface area contributed by atoms with Gasteiger partial charge in [0, 0.05) is 25.2 Å². The van der Waals surface area contributed by atoms with E-state index in [4.69, 9.17) is 11.6 Å². The van der Waals surface area contributed by atoms with Crippen LogP contribution < -0.4 is 0 Å². The molecule has 5 aromatic rings. The highest BCUT2D eigenvalue weighted by atomic mass is 35.5. The van der Waals surface area contributed by atoms with Gasteiger partial charge in [0.2, 0.25) is 0 Å². The van der Waals surface area contributed by atoms with Gasteiger partial charge in [0.25, 0.3) is 0 Å². The molecule has 0 atom stereocenters. The van der Waals surface area contributed by atoms with E-state index in [1.165, 1.54) is 42.1 Å². The fraction of sp³-hybridized carbons (Fsp3) is 0. The standard InChI is InChI=1S/C22H13ClS/c23-15-11-12-20-19(13-15)22-18(9-4-10-21(22)24-20)17-8-3-6-14-5-1-2-7-16(14)17/h1-13H. The fourth-order valence-corrected chi connectivity index (χ4v) is 4.77. The summed E-state index contributed by atoms with van der Waals surface area (Å²) in [6.45, 7) is 0. The summed E-state index contributed by atoms with van der Waals surface area (Å²) in [4.78, 5) is 0. The van der Waals surface area contributed by atoms with Crippen molar-refractivity contribution in [1.29, 1.82) is 0 Å². The van der Waals surface area contributed by atoms with Crippen molar-refractivity contribution < 1.29 is 0 Å². The van der Waals surface area contributed by atoms with E-state index < -0.39 is 0 Å². The summed E-state index contributed by atoms with van der Waals surface area (Å²) < 4.78 is 2.58. The first-order valence-electron chi connectivity index (χ1n) is 7.90. The lowest BCUT2D eigenvalue weighted by atomic mass is 9.95. The molecule has 5 rings (SSSR count). The van der Waals surface area contributed by atoms with E-state index in [-0.39, 0.29) is 0 Å². The zero-order valence-electron chi connectivity index (χ0n) is 12.8. The third-order valence-electron chi connectivity index (χ3n) is 4.54. The van der Waals surface area contributed by atoms with Crippen LogP contribution in [0.15, 0.2) is 78.9 Å². The summed E-state index contributed by atoms with van der Waals surface area (Å²) in [6, 6.07) is 27.8. The molecule has 0 aliphatic heterocycles. The van der Waals surface area contributed by atoms with Gasteiger partial charge >= 0.3 is 0 Å². The Morgan fingerprint density at radius 3 is 2.38 bits per heavy atom. The number of hydrogen-bond donors (Lipinski definition) is 0. The molecule has 114 valence electrons. The number of thiophene rings is 1. The minimum absolute atomic E-state index is 0.787. The van der Waals surface area contributed by atoms with Crippen molar-refractivity contribution in [1.82, 2.24) is 0 Å². The molecule has 0 saturated carbocycles. The smallest absolute Gasteiger partial charge is 0.0413 e. The first kappa shape index (κ1) is 14.0. The maximum atomic E-state index is 6.27. The van der Waals surface area contributed by atoms with Crippen LogP contribution in [-0.4, -0.2) is 0 Å². The predicted molar refractivity (Wildman–Crippen MR) is 107 cm³/mol. The Morgan fingerprint density at radius 2 is 1.42 bits per heavy atom. The molecule has 0 nitrogen and oxygen atoms in total. The Bertz CT molecular complexity index is 1210. The molecule has 0 amide bonds. The predicted octanol–water partition coefficient (Wildman–Crippen LogP) is 7.53. The molecule has 4 aromatic carbocycles. The van der Waals surface area contributed by atoms with Gasteiger partial charge in [-0.2, -0.15) is 0 Å². The van der Waals surface area contributed by atoms with E-state index in [0.29, 0.717) is 0 Å².